The molecule has 3 heteroatoms. The topological polar surface area (TPSA) is 37.8 Å². The number of fused-ring (bicyclic) bond motifs is 1. The van der Waals surface area contributed by atoms with Gasteiger partial charge in [-0.05, 0) is 92.1 Å². The number of nitrogens with one attached hydrogen (secondary N) is 1. The van der Waals surface area contributed by atoms with E-state index in [0.29, 0.717) is 5.92 Å². The maximum atomic E-state index is 5.17. The predicted molar refractivity (Wildman–Crippen MR) is 161 cm³/mol. The molecule has 0 saturated heterocycles. The number of pyridine rings is 2. The summed E-state index contributed by atoms with van der Waals surface area (Å²) >= 11 is 0. The lowest BCUT2D eigenvalue weighted by molar-refractivity contribution is 0.643. The molecule has 5 rings (SSSR count). The van der Waals surface area contributed by atoms with Crippen LogP contribution < -0.4 is 5.32 Å². The second kappa shape index (κ2) is 12.0. The molecule has 2 aromatic heterocycles. The Bertz CT molecular complexity index is 1490. The van der Waals surface area contributed by atoms with E-state index in [0.717, 1.165) is 43.4 Å². The lowest BCUT2D eigenvalue weighted by atomic mass is 9.92. The molecule has 0 bridgehead atoms. The summed E-state index contributed by atoms with van der Waals surface area (Å²) < 4.78 is 0. The van der Waals surface area contributed by atoms with Gasteiger partial charge in [0.25, 0.3) is 0 Å². The Balaban J connectivity index is 1.43. The fourth-order valence-corrected chi connectivity index (χ4v) is 5.16. The molecule has 0 saturated carbocycles. The quantitative estimate of drug-likeness (QED) is 0.209. The molecular formula is C35H37N3. The summed E-state index contributed by atoms with van der Waals surface area (Å²) in [6, 6.07) is 32.9. The zero-order valence-corrected chi connectivity index (χ0v) is 22.7. The van der Waals surface area contributed by atoms with Crippen LogP contribution in [0.2, 0.25) is 0 Å². The molecule has 0 radical (unpaired) electrons. The van der Waals surface area contributed by atoms with E-state index in [1.54, 1.807) is 0 Å². The standard InChI is InChI=1S/C35H37N3/c1-4-28(21-27-14-12-25(3)13-15-27)34-24-35(36-5-2)32-23-30(17-19-33(32)38-34)29-10-8-9-26(22-29)16-18-31-11-6-7-20-37-31/h6-15,17,19-20,22-24,28H,4-5,16,18,21H2,1-3H3,(H,36,38). The molecule has 38 heavy (non-hydrogen) atoms. The summed E-state index contributed by atoms with van der Waals surface area (Å²) in [6.45, 7) is 7.44. The number of aryl methyl sites for hydroxylation is 3. The molecule has 3 aromatic carbocycles. The molecule has 0 amide bonds. The Morgan fingerprint density at radius 1 is 0.763 bits per heavy atom. The minimum Gasteiger partial charge on any atom is -0.385 e. The van der Waals surface area contributed by atoms with E-state index in [1.807, 2.05) is 12.3 Å². The molecule has 0 aliphatic heterocycles. The second-order valence-electron chi connectivity index (χ2n) is 10.2. The number of hydrogen-bond donors (Lipinski definition) is 1. The summed E-state index contributed by atoms with van der Waals surface area (Å²) in [6.07, 6.45) is 5.85. The molecule has 1 unspecified atom stereocenters. The average Bonchev–Trinajstić information content (AvgIpc) is 2.96. The zero-order chi connectivity index (χ0) is 26.3. The number of nitrogens with zero attached hydrogens (tertiary/aromatic N) is 2. The van der Waals surface area contributed by atoms with Gasteiger partial charge >= 0.3 is 0 Å². The number of anilines is 1. The van der Waals surface area contributed by atoms with Gasteiger partial charge in [-0.1, -0.05) is 73.2 Å². The van der Waals surface area contributed by atoms with Crippen molar-refractivity contribution in [2.45, 2.75) is 52.4 Å². The van der Waals surface area contributed by atoms with Crippen LogP contribution in [0.15, 0.2) is 97.2 Å². The number of rotatable bonds is 10. The van der Waals surface area contributed by atoms with Crippen LogP contribution >= 0.6 is 0 Å². The molecule has 0 aliphatic rings. The highest BCUT2D eigenvalue weighted by Gasteiger charge is 2.16. The maximum absolute atomic E-state index is 5.17. The van der Waals surface area contributed by atoms with Gasteiger partial charge in [0.1, 0.15) is 0 Å². The third kappa shape index (κ3) is 6.11. The van der Waals surface area contributed by atoms with Crippen molar-refractivity contribution >= 4 is 16.6 Å². The first-order valence-electron chi connectivity index (χ1n) is 13.9. The van der Waals surface area contributed by atoms with Gasteiger partial charge in [-0.3, -0.25) is 9.97 Å². The molecule has 192 valence electrons. The van der Waals surface area contributed by atoms with Gasteiger partial charge in [0, 0.05) is 41.1 Å². The van der Waals surface area contributed by atoms with Gasteiger partial charge in [-0.2, -0.15) is 0 Å². The van der Waals surface area contributed by atoms with E-state index < -0.39 is 0 Å². The van der Waals surface area contributed by atoms with Gasteiger partial charge in [0.15, 0.2) is 0 Å². The lowest BCUT2D eigenvalue weighted by Gasteiger charge is -2.18. The number of aromatic nitrogens is 2. The summed E-state index contributed by atoms with van der Waals surface area (Å²) in [5, 5.41) is 4.80. The van der Waals surface area contributed by atoms with E-state index in [-0.39, 0.29) is 0 Å². The van der Waals surface area contributed by atoms with Crippen molar-refractivity contribution in [3.63, 3.8) is 0 Å². The van der Waals surface area contributed by atoms with E-state index in [2.05, 4.69) is 116 Å². The molecular weight excluding hydrogens is 462 g/mol. The molecule has 2 heterocycles. The van der Waals surface area contributed by atoms with Crippen molar-refractivity contribution in [3.05, 3.63) is 125 Å². The maximum Gasteiger partial charge on any atom is 0.0726 e. The van der Waals surface area contributed by atoms with Crippen LogP contribution in [0.5, 0.6) is 0 Å². The van der Waals surface area contributed by atoms with Crippen molar-refractivity contribution in [3.8, 4) is 11.1 Å². The number of hydrogen-bond acceptors (Lipinski definition) is 3. The Labute approximate surface area is 227 Å². The van der Waals surface area contributed by atoms with Gasteiger partial charge in [0.2, 0.25) is 0 Å². The van der Waals surface area contributed by atoms with Gasteiger partial charge in [0.05, 0.1) is 5.52 Å². The summed E-state index contributed by atoms with van der Waals surface area (Å²) in [7, 11) is 0. The van der Waals surface area contributed by atoms with Gasteiger partial charge in [-0.15, -0.1) is 0 Å². The SMILES string of the molecule is CCNc1cc(C(CC)Cc2ccc(C)cc2)nc2ccc(-c3cccc(CCc4ccccn4)c3)cc12. The van der Waals surface area contributed by atoms with Crippen LogP contribution in [0.1, 0.15) is 54.3 Å². The van der Waals surface area contributed by atoms with Crippen molar-refractivity contribution in [2.75, 3.05) is 11.9 Å². The first-order chi connectivity index (χ1) is 18.6. The van der Waals surface area contributed by atoms with E-state index in [1.165, 1.54) is 44.6 Å². The van der Waals surface area contributed by atoms with Crippen LogP contribution in [0.3, 0.4) is 0 Å². The third-order valence-corrected chi connectivity index (χ3v) is 7.37. The highest BCUT2D eigenvalue weighted by Crippen LogP contribution is 2.33. The molecule has 0 fully saturated rings. The largest absolute Gasteiger partial charge is 0.385 e. The van der Waals surface area contributed by atoms with Crippen molar-refractivity contribution in [1.29, 1.82) is 0 Å². The molecule has 0 spiro atoms. The first kappa shape index (κ1) is 25.7. The van der Waals surface area contributed by atoms with E-state index in [4.69, 9.17) is 4.98 Å². The van der Waals surface area contributed by atoms with E-state index in [9.17, 15) is 0 Å². The smallest absolute Gasteiger partial charge is 0.0726 e. The van der Waals surface area contributed by atoms with Crippen LogP contribution in [-0.4, -0.2) is 16.5 Å². The Hall–Kier alpha value is -3.98. The zero-order valence-electron chi connectivity index (χ0n) is 22.7. The Morgan fingerprint density at radius 3 is 2.37 bits per heavy atom. The molecule has 3 nitrogen and oxygen atoms in total. The molecule has 0 aliphatic carbocycles. The average molecular weight is 500 g/mol. The Morgan fingerprint density at radius 2 is 1.61 bits per heavy atom. The van der Waals surface area contributed by atoms with Crippen molar-refractivity contribution < 1.29 is 0 Å². The lowest BCUT2D eigenvalue weighted by Crippen LogP contribution is -2.07. The first-order valence-corrected chi connectivity index (χ1v) is 13.9. The van der Waals surface area contributed by atoms with Crippen molar-refractivity contribution in [2.24, 2.45) is 0 Å². The molecule has 5 aromatic rings. The summed E-state index contributed by atoms with van der Waals surface area (Å²) in [4.78, 5) is 9.65. The highest BCUT2D eigenvalue weighted by atomic mass is 14.9. The van der Waals surface area contributed by atoms with E-state index >= 15 is 0 Å². The molecule has 1 atom stereocenters. The van der Waals surface area contributed by atoms with Crippen molar-refractivity contribution in [1.82, 2.24) is 9.97 Å². The summed E-state index contributed by atoms with van der Waals surface area (Å²) in [5.74, 6) is 0.384. The van der Waals surface area contributed by atoms with Crippen LogP contribution in [0.25, 0.3) is 22.0 Å². The predicted octanol–water partition coefficient (Wildman–Crippen LogP) is 8.56. The van der Waals surface area contributed by atoms with Crippen LogP contribution in [0, 0.1) is 6.92 Å². The minimum atomic E-state index is 0.384. The highest BCUT2D eigenvalue weighted by molar-refractivity contribution is 5.94. The molecule has 1 N–H and O–H groups in total. The second-order valence-corrected chi connectivity index (χ2v) is 10.2. The fraction of sp³-hybridized carbons (Fsp3) is 0.257. The Kier molecular flexibility index (Phi) is 8.13. The summed E-state index contributed by atoms with van der Waals surface area (Å²) in [5.41, 5.74) is 11.0. The van der Waals surface area contributed by atoms with Crippen LogP contribution in [0.4, 0.5) is 5.69 Å². The van der Waals surface area contributed by atoms with Gasteiger partial charge in [-0.25, -0.2) is 0 Å². The number of benzene rings is 3. The third-order valence-electron chi connectivity index (χ3n) is 7.37. The van der Waals surface area contributed by atoms with Crippen LogP contribution in [-0.2, 0) is 19.3 Å². The van der Waals surface area contributed by atoms with Gasteiger partial charge < -0.3 is 5.32 Å². The minimum absolute atomic E-state index is 0.384. The fourth-order valence-electron chi connectivity index (χ4n) is 5.16. The normalized spacial score (nSPS) is 12.0. The monoisotopic (exact) mass is 499 g/mol.